The van der Waals surface area contributed by atoms with Gasteiger partial charge in [0.25, 0.3) is 11.5 Å². The van der Waals surface area contributed by atoms with E-state index in [1.807, 2.05) is 25.1 Å². The number of nitrogens with one attached hydrogen (secondary N) is 1. The first-order valence-corrected chi connectivity index (χ1v) is 10.6. The summed E-state index contributed by atoms with van der Waals surface area (Å²) in [6, 6.07) is 12.3. The van der Waals surface area contributed by atoms with Crippen LogP contribution in [-0.4, -0.2) is 43.2 Å². The first-order chi connectivity index (χ1) is 16.9. The molecule has 0 unspecified atom stereocenters. The van der Waals surface area contributed by atoms with Crippen molar-refractivity contribution in [1.82, 2.24) is 15.2 Å². The number of methoxy groups -OCH3 is 3. The van der Waals surface area contributed by atoms with Gasteiger partial charge in [-0.3, -0.25) is 9.59 Å². The molecule has 0 bridgehead atoms. The standard InChI is InChI=1S/C25H25N5O5/c1-6-16-7-9-18(10-8-16)30-25(32)19(13-26)15(2)22(29-30)24(31)28-27-14-17-11-20(33-3)23(35-5)21(12-17)34-4/h7-12,14H,6H2,1-5H3,(H,28,31)/b27-14+. The van der Waals surface area contributed by atoms with Crippen LogP contribution in [0.4, 0.5) is 0 Å². The van der Waals surface area contributed by atoms with Gasteiger partial charge >= 0.3 is 0 Å². The average Bonchev–Trinajstić information content (AvgIpc) is 2.88. The van der Waals surface area contributed by atoms with Crippen molar-refractivity contribution >= 4 is 12.1 Å². The smallest absolute Gasteiger partial charge is 0.292 e. The summed E-state index contributed by atoms with van der Waals surface area (Å²) in [4.78, 5) is 25.7. The third-order valence-corrected chi connectivity index (χ3v) is 5.32. The van der Waals surface area contributed by atoms with Crippen LogP contribution in [0.5, 0.6) is 17.2 Å². The molecule has 0 aliphatic carbocycles. The monoisotopic (exact) mass is 475 g/mol. The Bertz CT molecular complexity index is 1350. The minimum atomic E-state index is -0.679. The van der Waals surface area contributed by atoms with Crippen molar-refractivity contribution in [1.29, 1.82) is 5.26 Å². The molecule has 0 aliphatic heterocycles. The summed E-state index contributed by atoms with van der Waals surface area (Å²) < 4.78 is 17.0. The Balaban J connectivity index is 1.94. The van der Waals surface area contributed by atoms with Crippen LogP contribution in [0.25, 0.3) is 5.69 Å². The van der Waals surface area contributed by atoms with Crippen molar-refractivity contribution in [2.24, 2.45) is 5.10 Å². The van der Waals surface area contributed by atoms with E-state index in [1.54, 1.807) is 24.3 Å². The van der Waals surface area contributed by atoms with E-state index in [0.29, 0.717) is 28.5 Å². The zero-order chi connectivity index (χ0) is 25.5. The number of aromatic nitrogens is 2. The number of carbonyl (C=O) groups is 1. The van der Waals surface area contributed by atoms with Gasteiger partial charge in [-0.1, -0.05) is 19.1 Å². The molecule has 0 saturated heterocycles. The molecule has 1 N–H and O–H groups in total. The number of ether oxygens (including phenoxy) is 3. The number of benzene rings is 2. The largest absolute Gasteiger partial charge is 0.493 e. The Labute approximate surface area is 202 Å². The Kier molecular flexibility index (Phi) is 7.84. The highest BCUT2D eigenvalue weighted by Crippen LogP contribution is 2.37. The van der Waals surface area contributed by atoms with Crippen LogP contribution in [0, 0.1) is 18.3 Å². The van der Waals surface area contributed by atoms with Crippen LogP contribution in [-0.2, 0) is 6.42 Å². The van der Waals surface area contributed by atoms with Crippen LogP contribution in [0.2, 0.25) is 0 Å². The molecular weight excluding hydrogens is 450 g/mol. The third kappa shape index (κ3) is 5.14. The molecule has 10 nitrogen and oxygen atoms in total. The zero-order valence-electron chi connectivity index (χ0n) is 20.1. The van der Waals surface area contributed by atoms with E-state index < -0.39 is 11.5 Å². The van der Waals surface area contributed by atoms with E-state index in [0.717, 1.165) is 16.7 Å². The highest BCUT2D eigenvalue weighted by Gasteiger charge is 2.20. The Morgan fingerprint density at radius 1 is 1.14 bits per heavy atom. The molecule has 0 atom stereocenters. The first kappa shape index (κ1) is 25.0. The van der Waals surface area contributed by atoms with E-state index in [4.69, 9.17) is 14.2 Å². The number of carbonyl (C=O) groups excluding carboxylic acids is 1. The lowest BCUT2D eigenvalue weighted by Gasteiger charge is -2.12. The van der Waals surface area contributed by atoms with Gasteiger partial charge < -0.3 is 14.2 Å². The molecule has 2 aromatic carbocycles. The van der Waals surface area contributed by atoms with Gasteiger partial charge in [0.05, 0.1) is 33.2 Å². The lowest BCUT2D eigenvalue weighted by molar-refractivity contribution is 0.0947. The Morgan fingerprint density at radius 3 is 2.29 bits per heavy atom. The summed E-state index contributed by atoms with van der Waals surface area (Å²) in [6.45, 7) is 3.51. The summed E-state index contributed by atoms with van der Waals surface area (Å²) in [7, 11) is 4.48. The van der Waals surface area contributed by atoms with Gasteiger partial charge in [0.2, 0.25) is 5.75 Å². The SMILES string of the molecule is CCc1ccc(-n2nc(C(=O)N/N=C/c3cc(OC)c(OC)c(OC)c3)c(C)c(C#N)c2=O)cc1. The first-order valence-electron chi connectivity index (χ1n) is 10.6. The summed E-state index contributed by atoms with van der Waals surface area (Å²) in [5.41, 5.74) is 3.78. The second-order valence-corrected chi connectivity index (χ2v) is 7.36. The highest BCUT2D eigenvalue weighted by atomic mass is 16.5. The summed E-state index contributed by atoms with van der Waals surface area (Å²) >= 11 is 0. The van der Waals surface area contributed by atoms with Crippen LogP contribution in [0.15, 0.2) is 46.3 Å². The number of rotatable bonds is 8. The second kappa shape index (κ2) is 11.0. The lowest BCUT2D eigenvalue weighted by Crippen LogP contribution is -2.31. The predicted octanol–water partition coefficient (Wildman–Crippen LogP) is 2.76. The lowest BCUT2D eigenvalue weighted by atomic mass is 10.1. The third-order valence-electron chi connectivity index (χ3n) is 5.32. The van der Waals surface area contributed by atoms with Crippen LogP contribution < -0.4 is 25.2 Å². The summed E-state index contributed by atoms with van der Waals surface area (Å²) in [5, 5.41) is 17.7. The van der Waals surface area contributed by atoms with Gasteiger partial charge in [-0.25, -0.2) is 5.43 Å². The number of aryl methyl sites for hydroxylation is 1. The van der Waals surface area contributed by atoms with E-state index in [2.05, 4.69) is 15.6 Å². The van der Waals surface area contributed by atoms with Crippen LogP contribution in [0.3, 0.4) is 0 Å². The van der Waals surface area contributed by atoms with Crippen molar-refractivity contribution in [2.75, 3.05) is 21.3 Å². The molecule has 1 heterocycles. The van der Waals surface area contributed by atoms with E-state index >= 15 is 0 Å². The van der Waals surface area contributed by atoms with Gasteiger partial charge in [-0.2, -0.15) is 20.1 Å². The maximum absolute atomic E-state index is 12.9. The molecule has 180 valence electrons. The van der Waals surface area contributed by atoms with E-state index in [1.165, 1.54) is 34.5 Å². The molecule has 0 fully saturated rings. The molecule has 0 radical (unpaired) electrons. The fraction of sp³-hybridized carbons (Fsp3) is 0.240. The average molecular weight is 476 g/mol. The van der Waals surface area contributed by atoms with Crippen molar-refractivity contribution < 1.29 is 19.0 Å². The number of nitrogens with zero attached hydrogens (tertiary/aromatic N) is 4. The quantitative estimate of drug-likeness (QED) is 0.392. The molecule has 10 heteroatoms. The molecular formula is C25H25N5O5. The van der Waals surface area contributed by atoms with Crippen LogP contribution in [0.1, 0.15) is 39.7 Å². The summed E-state index contributed by atoms with van der Waals surface area (Å²) in [6.07, 6.45) is 2.22. The molecule has 3 rings (SSSR count). The predicted molar refractivity (Wildman–Crippen MR) is 130 cm³/mol. The normalized spacial score (nSPS) is 10.6. The minimum absolute atomic E-state index is 0.0947. The van der Waals surface area contributed by atoms with Gasteiger partial charge in [0.15, 0.2) is 17.2 Å². The fourth-order valence-electron chi connectivity index (χ4n) is 3.39. The van der Waals surface area contributed by atoms with Crippen molar-refractivity contribution in [3.05, 3.63) is 74.7 Å². The Morgan fingerprint density at radius 2 is 1.77 bits per heavy atom. The molecule has 35 heavy (non-hydrogen) atoms. The molecule has 0 spiro atoms. The van der Waals surface area contributed by atoms with Crippen molar-refractivity contribution in [3.8, 4) is 29.0 Å². The van der Waals surface area contributed by atoms with Gasteiger partial charge in [0.1, 0.15) is 11.6 Å². The van der Waals surface area contributed by atoms with Gasteiger partial charge in [-0.05, 0) is 43.2 Å². The van der Waals surface area contributed by atoms with Gasteiger partial charge in [-0.15, -0.1) is 0 Å². The highest BCUT2D eigenvalue weighted by molar-refractivity contribution is 5.94. The Hall–Kier alpha value is -4.65. The van der Waals surface area contributed by atoms with Crippen molar-refractivity contribution in [2.45, 2.75) is 20.3 Å². The molecule has 1 aromatic heterocycles. The maximum atomic E-state index is 12.9. The number of amides is 1. The number of hydrogen-bond donors (Lipinski definition) is 1. The molecule has 1 amide bonds. The maximum Gasteiger partial charge on any atom is 0.292 e. The molecule has 0 aliphatic rings. The van der Waals surface area contributed by atoms with E-state index in [9.17, 15) is 14.9 Å². The summed E-state index contributed by atoms with van der Waals surface area (Å²) in [5.74, 6) is 0.602. The van der Waals surface area contributed by atoms with Gasteiger partial charge in [0, 0.05) is 11.1 Å². The minimum Gasteiger partial charge on any atom is -0.493 e. The molecule has 3 aromatic rings. The fourth-order valence-corrected chi connectivity index (χ4v) is 3.39. The van der Waals surface area contributed by atoms with Crippen molar-refractivity contribution in [3.63, 3.8) is 0 Å². The van der Waals surface area contributed by atoms with E-state index in [-0.39, 0.29) is 16.8 Å². The second-order valence-electron chi connectivity index (χ2n) is 7.36. The zero-order valence-corrected chi connectivity index (χ0v) is 20.1. The van der Waals surface area contributed by atoms with Crippen LogP contribution >= 0.6 is 0 Å². The number of nitriles is 1. The topological polar surface area (TPSA) is 128 Å². The number of hydrogen-bond acceptors (Lipinski definition) is 8. The molecule has 0 saturated carbocycles. The number of hydrazone groups is 1.